The monoisotopic (exact) mass is 547 g/mol. The van der Waals surface area contributed by atoms with Crippen LogP contribution in [0, 0.1) is 6.92 Å². The van der Waals surface area contributed by atoms with Gasteiger partial charge in [0.15, 0.2) is 0 Å². The van der Waals surface area contributed by atoms with Gasteiger partial charge in [0.05, 0.1) is 12.9 Å². The van der Waals surface area contributed by atoms with E-state index < -0.39 is 21.1 Å². The fraction of sp³-hybridized carbons (Fsp3) is 0.520. The second-order valence-electron chi connectivity index (χ2n) is 9.82. The van der Waals surface area contributed by atoms with Crippen LogP contribution in [-0.4, -0.2) is 84.1 Å². The van der Waals surface area contributed by atoms with Gasteiger partial charge in [-0.1, -0.05) is 0 Å². The summed E-state index contributed by atoms with van der Waals surface area (Å²) in [5, 5.41) is 2.98. The van der Waals surface area contributed by atoms with Gasteiger partial charge in [0, 0.05) is 55.9 Å². The predicted octanol–water partition coefficient (Wildman–Crippen LogP) is 0.453. The molecule has 0 spiro atoms. The summed E-state index contributed by atoms with van der Waals surface area (Å²) in [6.45, 7) is 2.39. The number of anilines is 1. The predicted molar refractivity (Wildman–Crippen MR) is 141 cm³/mol. The van der Waals surface area contributed by atoms with E-state index in [0.29, 0.717) is 38.9 Å². The van der Waals surface area contributed by atoms with Crippen LogP contribution >= 0.6 is 0 Å². The number of nitrogens with one attached hydrogen (secondary N) is 1. The molecule has 0 radical (unpaired) electrons. The zero-order valence-electron chi connectivity index (χ0n) is 21.8. The average molecular weight is 548 g/mol. The molecule has 4 rings (SSSR count). The molecule has 1 aromatic carbocycles. The molecule has 1 fully saturated rings. The summed E-state index contributed by atoms with van der Waals surface area (Å²) in [7, 11) is -1.78. The first-order valence-corrected chi connectivity index (χ1v) is 14.5. The van der Waals surface area contributed by atoms with Crippen LogP contribution in [0.1, 0.15) is 24.0 Å². The number of benzene rings is 1. The summed E-state index contributed by atoms with van der Waals surface area (Å²) in [4.78, 5) is 54.7. The molecule has 2 aliphatic rings. The summed E-state index contributed by atoms with van der Waals surface area (Å²) in [6, 6.07) is 5.37. The van der Waals surface area contributed by atoms with E-state index in [1.165, 1.54) is 13.1 Å². The first kappa shape index (κ1) is 27.4. The Hall–Kier alpha value is -3.61. The molecule has 13 heteroatoms. The van der Waals surface area contributed by atoms with Gasteiger partial charge in [0.2, 0.25) is 5.91 Å². The van der Waals surface area contributed by atoms with Crippen molar-refractivity contribution in [3.63, 3.8) is 0 Å². The highest BCUT2D eigenvalue weighted by atomic mass is 32.2. The van der Waals surface area contributed by atoms with Crippen molar-refractivity contribution in [2.24, 2.45) is 0 Å². The Morgan fingerprint density at radius 1 is 1.13 bits per heavy atom. The highest BCUT2D eigenvalue weighted by Gasteiger charge is 2.31. The quantitative estimate of drug-likeness (QED) is 0.531. The number of ether oxygens (including phenoxy) is 1. The number of likely N-dealkylation sites (tertiary alicyclic amines) is 1. The number of hydrogen-bond acceptors (Lipinski definition) is 7. The first-order valence-electron chi connectivity index (χ1n) is 12.5. The molecule has 1 aromatic heterocycles. The van der Waals surface area contributed by atoms with E-state index in [9.17, 15) is 27.6 Å². The summed E-state index contributed by atoms with van der Waals surface area (Å²) in [5.41, 5.74) is 0.732. The third kappa shape index (κ3) is 6.09. The SMILES string of the molecule is COc1ccc2c(c1)CCN(C1CCN(C(=O)Cn3cc(C)c(=O)n(CCS(C)(=O)=O)c3=O)CC1)C(=O)N2. The normalized spacial score (nSPS) is 16.6. The summed E-state index contributed by atoms with van der Waals surface area (Å²) in [6.07, 6.45) is 4.24. The number of aromatic nitrogens is 2. The van der Waals surface area contributed by atoms with Crippen LogP contribution in [0.3, 0.4) is 0 Å². The Kier molecular flexibility index (Phi) is 7.95. The number of amides is 3. The van der Waals surface area contributed by atoms with Gasteiger partial charge in [-0.3, -0.25) is 18.7 Å². The maximum atomic E-state index is 13.0. The Labute approximate surface area is 220 Å². The molecule has 0 aliphatic carbocycles. The van der Waals surface area contributed by atoms with Gasteiger partial charge in [-0.05, 0) is 49.9 Å². The lowest BCUT2D eigenvalue weighted by molar-refractivity contribution is -0.133. The Morgan fingerprint density at radius 3 is 2.50 bits per heavy atom. The van der Waals surface area contributed by atoms with Crippen LogP contribution < -0.4 is 21.3 Å². The second kappa shape index (κ2) is 11.0. The molecule has 1 N–H and O–H groups in total. The van der Waals surface area contributed by atoms with Crippen molar-refractivity contribution >= 4 is 27.5 Å². The van der Waals surface area contributed by atoms with E-state index in [1.54, 1.807) is 12.0 Å². The summed E-state index contributed by atoms with van der Waals surface area (Å²) < 4.78 is 30.4. The van der Waals surface area contributed by atoms with Crippen molar-refractivity contribution in [2.45, 2.75) is 45.3 Å². The Morgan fingerprint density at radius 2 is 1.84 bits per heavy atom. The van der Waals surface area contributed by atoms with Gasteiger partial charge in [-0.15, -0.1) is 0 Å². The minimum atomic E-state index is -3.38. The molecule has 38 heavy (non-hydrogen) atoms. The van der Waals surface area contributed by atoms with Crippen LogP contribution in [-0.2, 0) is 34.1 Å². The average Bonchev–Trinajstić information content (AvgIpc) is 3.04. The fourth-order valence-electron chi connectivity index (χ4n) is 4.94. The minimum absolute atomic E-state index is 0.0295. The number of fused-ring (bicyclic) bond motifs is 1. The zero-order valence-corrected chi connectivity index (χ0v) is 22.6. The number of carbonyl (C=O) groups is 2. The molecule has 1 saturated heterocycles. The molecule has 0 unspecified atom stereocenters. The van der Waals surface area contributed by atoms with E-state index in [2.05, 4.69) is 5.32 Å². The molecular formula is C25H33N5O7S. The zero-order chi connectivity index (χ0) is 27.6. The smallest absolute Gasteiger partial charge is 0.331 e. The summed E-state index contributed by atoms with van der Waals surface area (Å²) in [5.74, 6) is 0.104. The van der Waals surface area contributed by atoms with Gasteiger partial charge in [-0.25, -0.2) is 18.0 Å². The Bertz CT molecular complexity index is 1460. The number of hydrogen-bond donors (Lipinski definition) is 1. The van der Waals surface area contributed by atoms with E-state index in [1.807, 2.05) is 23.1 Å². The molecule has 0 saturated carbocycles. The molecule has 12 nitrogen and oxygen atoms in total. The Balaban J connectivity index is 1.39. The standard InChI is InChI=1S/C25H33N5O7S/c1-17-15-28(25(34)30(23(17)32)12-13-38(3,35)36)16-22(31)27-9-7-19(8-10-27)29-11-6-18-14-20(37-2)4-5-21(18)26-24(29)33/h4-5,14-15,19H,6-13,16H2,1-3H3,(H,26,33). The van der Waals surface area contributed by atoms with Gasteiger partial charge < -0.3 is 19.9 Å². The molecular weight excluding hydrogens is 514 g/mol. The lowest BCUT2D eigenvalue weighted by atomic mass is 10.0. The molecule has 2 aromatic rings. The first-order chi connectivity index (χ1) is 18.0. The van der Waals surface area contributed by atoms with E-state index in [4.69, 9.17) is 4.74 Å². The molecule has 3 heterocycles. The van der Waals surface area contributed by atoms with Gasteiger partial charge in [0.1, 0.15) is 22.1 Å². The molecule has 0 atom stereocenters. The number of sulfone groups is 1. The van der Waals surface area contributed by atoms with Gasteiger partial charge in [-0.2, -0.15) is 0 Å². The third-order valence-electron chi connectivity index (χ3n) is 7.09. The summed E-state index contributed by atoms with van der Waals surface area (Å²) >= 11 is 0. The minimum Gasteiger partial charge on any atom is -0.497 e. The molecule has 2 aliphatic heterocycles. The number of piperidine rings is 1. The van der Waals surface area contributed by atoms with Crippen LogP contribution in [0.4, 0.5) is 10.5 Å². The second-order valence-corrected chi connectivity index (χ2v) is 12.1. The van der Waals surface area contributed by atoms with Crippen molar-refractivity contribution in [2.75, 3.05) is 44.1 Å². The largest absolute Gasteiger partial charge is 0.497 e. The number of aryl methyl sites for hydroxylation is 1. The van der Waals surface area contributed by atoms with Gasteiger partial charge in [0.25, 0.3) is 5.56 Å². The highest BCUT2D eigenvalue weighted by molar-refractivity contribution is 7.90. The topological polar surface area (TPSA) is 140 Å². The maximum Gasteiger partial charge on any atom is 0.331 e. The third-order valence-corrected chi connectivity index (χ3v) is 8.02. The maximum absolute atomic E-state index is 13.0. The van der Waals surface area contributed by atoms with E-state index in [-0.39, 0.29) is 42.4 Å². The molecule has 0 bridgehead atoms. The molecule has 206 valence electrons. The fourth-order valence-corrected chi connectivity index (χ4v) is 5.46. The molecule has 3 amide bonds. The van der Waals surface area contributed by atoms with Crippen molar-refractivity contribution in [3.05, 3.63) is 56.4 Å². The number of rotatable bonds is 7. The van der Waals surface area contributed by atoms with Crippen LogP contribution in [0.5, 0.6) is 5.75 Å². The van der Waals surface area contributed by atoms with Crippen molar-refractivity contribution < 1.29 is 22.7 Å². The number of nitrogens with zero attached hydrogens (tertiary/aromatic N) is 4. The number of urea groups is 1. The van der Waals surface area contributed by atoms with Crippen molar-refractivity contribution in [3.8, 4) is 5.75 Å². The van der Waals surface area contributed by atoms with Crippen LogP contribution in [0.2, 0.25) is 0 Å². The van der Waals surface area contributed by atoms with E-state index >= 15 is 0 Å². The highest BCUT2D eigenvalue weighted by Crippen LogP contribution is 2.27. The van der Waals surface area contributed by atoms with Crippen molar-refractivity contribution in [1.29, 1.82) is 0 Å². The van der Waals surface area contributed by atoms with E-state index in [0.717, 1.165) is 32.4 Å². The van der Waals surface area contributed by atoms with Crippen molar-refractivity contribution in [1.82, 2.24) is 18.9 Å². The lowest BCUT2D eigenvalue weighted by Gasteiger charge is -2.38. The van der Waals surface area contributed by atoms with Crippen LogP contribution in [0.15, 0.2) is 34.0 Å². The van der Waals surface area contributed by atoms with Gasteiger partial charge >= 0.3 is 11.7 Å². The number of methoxy groups -OCH3 is 1. The lowest BCUT2D eigenvalue weighted by Crippen LogP contribution is -2.51. The van der Waals surface area contributed by atoms with Crippen LogP contribution in [0.25, 0.3) is 0 Å². The number of carbonyl (C=O) groups excluding carboxylic acids is 2.